The van der Waals surface area contributed by atoms with E-state index in [2.05, 4.69) is 47.3 Å². The van der Waals surface area contributed by atoms with Gasteiger partial charge < -0.3 is 0 Å². The zero-order valence-corrected chi connectivity index (χ0v) is 19.7. The number of allylic oxidation sites excluding steroid dienone is 1. The van der Waals surface area contributed by atoms with Crippen molar-refractivity contribution < 1.29 is 4.79 Å². The number of hydrogen-bond donors (Lipinski definition) is 0. The summed E-state index contributed by atoms with van der Waals surface area (Å²) in [7, 11) is 0. The van der Waals surface area contributed by atoms with Gasteiger partial charge in [0.05, 0.1) is 0 Å². The summed E-state index contributed by atoms with van der Waals surface area (Å²) < 4.78 is 0. The van der Waals surface area contributed by atoms with Crippen molar-refractivity contribution in [3.05, 3.63) is 12.7 Å². The van der Waals surface area contributed by atoms with Crippen LogP contribution in [0.3, 0.4) is 0 Å². The maximum Gasteiger partial charge on any atom is 0.133 e. The fourth-order valence-electron chi connectivity index (χ4n) is 10.8. The molecule has 0 N–H and O–H groups in total. The van der Waals surface area contributed by atoms with Crippen molar-refractivity contribution in [3.8, 4) is 0 Å². The van der Waals surface area contributed by atoms with E-state index in [1.54, 1.807) is 0 Å². The molecule has 5 fully saturated rings. The Bertz CT molecular complexity index is 716. The van der Waals surface area contributed by atoms with Crippen LogP contribution in [0.5, 0.6) is 0 Å². The van der Waals surface area contributed by atoms with Gasteiger partial charge in [0.1, 0.15) is 5.78 Å². The van der Waals surface area contributed by atoms with Gasteiger partial charge in [-0.1, -0.05) is 47.1 Å². The van der Waals surface area contributed by atoms with E-state index in [0.29, 0.717) is 22.5 Å². The Kier molecular flexibility index (Phi) is 4.36. The van der Waals surface area contributed by atoms with Crippen molar-refractivity contribution in [3.63, 3.8) is 0 Å². The summed E-state index contributed by atoms with van der Waals surface area (Å²) in [6, 6.07) is 0. The molecule has 5 saturated carbocycles. The minimum atomic E-state index is 0.273. The zero-order valence-electron chi connectivity index (χ0n) is 19.7. The average molecular weight is 397 g/mol. The second-order valence-corrected chi connectivity index (χ2v) is 13.1. The highest BCUT2D eigenvalue weighted by molar-refractivity contribution is 5.79. The van der Waals surface area contributed by atoms with Crippen LogP contribution >= 0.6 is 0 Å². The van der Waals surface area contributed by atoms with Crippen LogP contribution in [0, 0.1) is 57.2 Å². The maximum absolute atomic E-state index is 12.1. The Labute approximate surface area is 179 Å². The molecule has 1 heteroatoms. The first-order valence-electron chi connectivity index (χ1n) is 12.8. The van der Waals surface area contributed by atoms with Crippen LogP contribution in [0.1, 0.15) is 98.8 Å². The highest BCUT2D eigenvalue weighted by Crippen LogP contribution is 2.79. The molecule has 5 rings (SSSR count). The van der Waals surface area contributed by atoms with Gasteiger partial charge in [-0.25, -0.2) is 0 Å². The summed E-state index contributed by atoms with van der Waals surface area (Å²) in [6.45, 7) is 17.6. The topological polar surface area (TPSA) is 17.1 Å². The van der Waals surface area contributed by atoms with Crippen LogP contribution in [-0.2, 0) is 4.79 Å². The largest absolute Gasteiger partial charge is 0.300 e. The number of carbonyl (C=O) groups excluding carboxylic acids is 1. The monoisotopic (exact) mass is 396 g/mol. The van der Waals surface area contributed by atoms with Crippen molar-refractivity contribution in [2.75, 3.05) is 0 Å². The van der Waals surface area contributed by atoms with Gasteiger partial charge in [0.2, 0.25) is 0 Å². The molecule has 1 nitrogen and oxygen atoms in total. The molecule has 0 aromatic carbocycles. The second kappa shape index (κ2) is 6.23. The number of Topliss-reactive ketones (excluding diaryl/α,β-unsaturated/α-hetero) is 1. The van der Waals surface area contributed by atoms with Crippen molar-refractivity contribution >= 4 is 5.78 Å². The second-order valence-electron chi connectivity index (χ2n) is 13.1. The molecule has 8 unspecified atom stereocenters. The maximum atomic E-state index is 12.1. The van der Waals surface area contributed by atoms with E-state index >= 15 is 0 Å². The molecule has 0 spiro atoms. The molecular formula is C28H44O. The number of rotatable bonds is 1. The lowest BCUT2D eigenvalue weighted by molar-refractivity contribution is -0.240. The quantitative estimate of drug-likeness (QED) is 0.421. The Morgan fingerprint density at radius 1 is 0.897 bits per heavy atom. The van der Waals surface area contributed by atoms with Gasteiger partial charge in [-0.2, -0.15) is 0 Å². The lowest BCUT2D eigenvalue weighted by Crippen LogP contribution is -2.67. The number of fused-ring (bicyclic) bond motifs is 7. The third-order valence-electron chi connectivity index (χ3n) is 12.5. The van der Waals surface area contributed by atoms with E-state index < -0.39 is 0 Å². The molecule has 0 aliphatic heterocycles. The Morgan fingerprint density at radius 3 is 2.34 bits per heavy atom. The molecule has 0 saturated heterocycles. The van der Waals surface area contributed by atoms with Gasteiger partial charge in [-0.05, 0) is 102 Å². The minimum absolute atomic E-state index is 0.273. The fourth-order valence-corrected chi connectivity index (χ4v) is 10.8. The standard InChI is InChI=1S/C28H44O/c1-7-28-16-8-15-27(28,6)23-14-13-21-20-12-10-19(29)17-18(20)9-11-22(21)24(23)25(2,3)26(28,4)5/h7,18,20-24H,1,8-17H2,2-6H3. The number of hydrogen-bond acceptors (Lipinski definition) is 1. The average Bonchev–Trinajstić information content (AvgIpc) is 3.04. The summed E-state index contributed by atoms with van der Waals surface area (Å²) in [5, 5.41) is 0. The fraction of sp³-hybridized carbons (Fsp3) is 0.893. The highest BCUT2D eigenvalue weighted by Gasteiger charge is 2.73. The number of ketones is 1. The van der Waals surface area contributed by atoms with Crippen LogP contribution in [0.15, 0.2) is 12.7 Å². The molecule has 0 radical (unpaired) electrons. The van der Waals surface area contributed by atoms with Crippen LogP contribution < -0.4 is 0 Å². The predicted molar refractivity (Wildman–Crippen MR) is 120 cm³/mol. The van der Waals surface area contributed by atoms with Gasteiger partial charge >= 0.3 is 0 Å². The third-order valence-corrected chi connectivity index (χ3v) is 12.5. The van der Waals surface area contributed by atoms with Crippen LogP contribution in [-0.4, -0.2) is 5.78 Å². The first kappa shape index (κ1) is 20.3. The SMILES string of the molecule is C=CC12CCCC1(C)C1CCC3C4CCC(=O)CC4CCC3C1C(C)(C)C2(C)C. The van der Waals surface area contributed by atoms with Crippen LogP contribution in [0.4, 0.5) is 0 Å². The minimum Gasteiger partial charge on any atom is -0.300 e. The summed E-state index contributed by atoms with van der Waals surface area (Å²) in [5.74, 6) is 5.57. The van der Waals surface area contributed by atoms with Crippen LogP contribution in [0.25, 0.3) is 0 Å². The normalized spacial score (nSPS) is 52.7. The summed E-state index contributed by atoms with van der Waals surface area (Å²) in [6.07, 6.45) is 15.1. The molecule has 5 aliphatic carbocycles. The van der Waals surface area contributed by atoms with E-state index in [1.807, 2.05) is 0 Å². The van der Waals surface area contributed by atoms with E-state index in [9.17, 15) is 4.79 Å². The smallest absolute Gasteiger partial charge is 0.133 e. The van der Waals surface area contributed by atoms with E-state index in [0.717, 1.165) is 42.4 Å². The van der Waals surface area contributed by atoms with Gasteiger partial charge in [-0.3, -0.25) is 4.79 Å². The Hall–Kier alpha value is -0.590. The molecule has 0 aromatic rings. The van der Waals surface area contributed by atoms with Gasteiger partial charge in [0, 0.05) is 12.8 Å². The summed E-state index contributed by atoms with van der Waals surface area (Å²) >= 11 is 0. The third kappa shape index (κ3) is 2.26. The highest BCUT2D eigenvalue weighted by atomic mass is 16.1. The Balaban J connectivity index is 1.57. The van der Waals surface area contributed by atoms with Crippen molar-refractivity contribution in [2.24, 2.45) is 57.2 Å². The van der Waals surface area contributed by atoms with E-state index in [1.165, 1.54) is 51.4 Å². The first-order valence-corrected chi connectivity index (χ1v) is 12.8. The lowest BCUT2D eigenvalue weighted by atomic mass is 9.31. The molecular weight excluding hydrogens is 352 g/mol. The van der Waals surface area contributed by atoms with Crippen molar-refractivity contribution in [2.45, 2.75) is 98.8 Å². The lowest BCUT2D eigenvalue weighted by Gasteiger charge is -2.73. The van der Waals surface area contributed by atoms with Gasteiger partial charge in [0.25, 0.3) is 0 Å². The van der Waals surface area contributed by atoms with Gasteiger partial charge in [-0.15, -0.1) is 6.58 Å². The van der Waals surface area contributed by atoms with Gasteiger partial charge in [0.15, 0.2) is 0 Å². The molecule has 8 atom stereocenters. The summed E-state index contributed by atoms with van der Waals surface area (Å²) in [5.41, 5.74) is 1.31. The van der Waals surface area contributed by atoms with Crippen LogP contribution in [0.2, 0.25) is 0 Å². The molecule has 162 valence electrons. The predicted octanol–water partition coefficient (Wildman–Crippen LogP) is 7.45. The van der Waals surface area contributed by atoms with Crippen molar-refractivity contribution in [1.82, 2.24) is 0 Å². The molecule has 0 aromatic heterocycles. The van der Waals surface area contributed by atoms with E-state index in [4.69, 9.17) is 0 Å². The Morgan fingerprint density at radius 2 is 1.62 bits per heavy atom. The van der Waals surface area contributed by atoms with E-state index in [-0.39, 0.29) is 10.8 Å². The molecule has 29 heavy (non-hydrogen) atoms. The van der Waals surface area contributed by atoms with Crippen molar-refractivity contribution in [1.29, 1.82) is 0 Å². The zero-order chi connectivity index (χ0) is 20.8. The molecule has 0 heterocycles. The molecule has 0 amide bonds. The molecule has 0 bridgehead atoms. The first-order chi connectivity index (χ1) is 13.6. The summed E-state index contributed by atoms with van der Waals surface area (Å²) in [4.78, 5) is 12.1. The number of carbonyl (C=O) groups is 1. The molecule has 5 aliphatic rings.